The minimum absolute atomic E-state index is 0.00750. The number of nitrogens with one attached hydrogen (secondary N) is 1. The Morgan fingerprint density at radius 1 is 1.24 bits per heavy atom. The minimum Gasteiger partial charge on any atom is -0.370 e. The van der Waals surface area contributed by atoms with Crippen molar-refractivity contribution >= 4 is 12.0 Å². The highest BCUT2D eigenvalue weighted by molar-refractivity contribution is 5.94. The topological polar surface area (TPSA) is 54.5 Å². The van der Waals surface area contributed by atoms with Gasteiger partial charge in [0.25, 0.3) is 5.91 Å². The summed E-state index contributed by atoms with van der Waals surface area (Å²) in [5, 5.41) is 3.03. The van der Waals surface area contributed by atoms with Crippen LogP contribution in [0.5, 0.6) is 0 Å². The third kappa shape index (κ3) is 4.92. The predicted molar refractivity (Wildman–Crippen MR) is 114 cm³/mol. The molecule has 1 aromatic carbocycles. The minimum atomic E-state index is -0.0450. The Morgan fingerprint density at radius 3 is 2.72 bits per heavy atom. The zero-order valence-electron chi connectivity index (χ0n) is 16.8. The molecule has 2 saturated heterocycles. The van der Waals surface area contributed by atoms with Crippen molar-refractivity contribution in [1.82, 2.24) is 15.2 Å². The van der Waals surface area contributed by atoms with Crippen LogP contribution in [0.15, 0.2) is 55.4 Å². The summed E-state index contributed by atoms with van der Waals surface area (Å²) in [5.41, 5.74) is 2.94. The molecule has 5 nitrogen and oxygen atoms in total. The maximum atomic E-state index is 12.4. The SMILES string of the molecule is C=Cc1ccc(C(=O)NC[C@@H]2CCC3(CCN(Cc4cccnc4)CC3)O2)cc1. The van der Waals surface area contributed by atoms with E-state index in [0.717, 1.165) is 50.9 Å². The van der Waals surface area contributed by atoms with E-state index < -0.39 is 0 Å². The average Bonchev–Trinajstić information content (AvgIpc) is 3.17. The van der Waals surface area contributed by atoms with Crippen molar-refractivity contribution in [2.45, 2.75) is 43.9 Å². The number of aromatic nitrogens is 1. The highest BCUT2D eigenvalue weighted by Crippen LogP contribution is 2.39. The van der Waals surface area contributed by atoms with E-state index in [1.54, 1.807) is 6.08 Å². The van der Waals surface area contributed by atoms with Crippen LogP contribution >= 0.6 is 0 Å². The molecule has 1 atom stereocenters. The van der Waals surface area contributed by atoms with Crippen molar-refractivity contribution in [2.24, 2.45) is 0 Å². The molecule has 5 heteroatoms. The van der Waals surface area contributed by atoms with E-state index in [0.29, 0.717) is 12.1 Å². The Kier molecular flexibility index (Phi) is 6.07. The summed E-state index contributed by atoms with van der Waals surface area (Å²) in [6, 6.07) is 11.6. The Bertz CT molecular complexity index is 827. The van der Waals surface area contributed by atoms with Gasteiger partial charge in [-0.3, -0.25) is 14.7 Å². The summed E-state index contributed by atoms with van der Waals surface area (Å²) in [4.78, 5) is 19.1. The quantitative estimate of drug-likeness (QED) is 0.816. The number of benzene rings is 1. The van der Waals surface area contributed by atoms with Crippen LogP contribution in [-0.4, -0.2) is 47.1 Å². The predicted octanol–water partition coefficient (Wildman–Crippen LogP) is 3.67. The molecular weight excluding hydrogens is 362 g/mol. The summed E-state index contributed by atoms with van der Waals surface area (Å²) in [5.74, 6) is -0.0450. The largest absolute Gasteiger partial charge is 0.370 e. The molecule has 1 spiro atoms. The van der Waals surface area contributed by atoms with Crippen LogP contribution in [0.4, 0.5) is 0 Å². The fourth-order valence-corrected chi connectivity index (χ4v) is 4.35. The molecule has 2 aliphatic heterocycles. The number of ether oxygens (including phenoxy) is 1. The van der Waals surface area contributed by atoms with Crippen LogP contribution in [-0.2, 0) is 11.3 Å². The molecule has 1 aromatic heterocycles. The molecule has 2 aromatic rings. The summed E-state index contributed by atoms with van der Waals surface area (Å²) in [6.07, 6.45) is 9.85. The van der Waals surface area contributed by atoms with Crippen LogP contribution in [0.1, 0.15) is 47.2 Å². The molecule has 152 valence electrons. The monoisotopic (exact) mass is 391 g/mol. The third-order valence-electron chi connectivity index (χ3n) is 6.13. The van der Waals surface area contributed by atoms with E-state index in [2.05, 4.69) is 27.8 Å². The zero-order chi connectivity index (χ0) is 20.1. The normalized spacial score (nSPS) is 21.2. The zero-order valence-corrected chi connectivity index (χ0v) is 16.8. The number of amides is 1. The standard InChI is InChI=1S/C24H29N3O2/c1-2-19-5-7-21(8-6-19)23(28)26-17-22-9-10-24(29-22)11-14-27(15-12-24)18-20-4-3-13-25-16-20/h2-8,13,16,22H,1,9-12,14-15,17-18H2,(H,26,28)/t22-/m0/s1. The van der Waals surface area contributed by atoms with E-state index in [-0.39, 0.29) is 17.6 Å². The van der Waals surface area contributed by atoms with Gasteiger partial charge in [-0.25, -0.2) is 0 Å². The first kappa shape index (κ1) is 19.8. The lowest BCUT2D eigenvalue weighted by molar-refractivity contribution is -0.0764. The molecule has 0 bridgehead atoms. The first-order valence-corrected chi connectivity index (χ1v) is 10.5. The second-order valence-corrected chi connectivity index (χ2v) is 8.14. The molecule has 29 heavy (non-hydrogen) atoms. The van der Waals surface area contributed by atoms with Crippen molar-refractivity contribution in [3.8, 4) is 0 Å². The van der Waals surface area contributed by atoms with Crippen molar-refractivity contribution in [2.75, 3.05) is 19.6 Å². The molecule has 1 N–H and O–H groups in total. The summed E-state index contributed by atoms with van der Waals surface area (Å²) < 4.78 is 6.44. The molecular formula is C24H29N3O2. The van der Waals surface area contributed by atoms with Crippen molar-refractivity contribution < 1.29 is 9.53 Å². The molecule has 3 heterocycles. The van der Waals surface area contributed by atoms with Crippen LogP contribution in [0.2, 0.25) is 0 Å². The van der Waals surface area contributed by atoms with Gasteiger partial charge in [0.2, 0.25) is 0 Å². The number of carbonyl (C=O) groups excluding carboxylic acids is 1. The molecule has 2 aliphatic rings. The number of piperidine rings is 1. The Hall–Kier alpha value is -2.50. The van der Waals surface area contributed by atoms with Crippen molar-refractivity contribution in [3.63, 3.8) is 0 Å². The van der Waals surface area contributed by atoms with Gasteiger partial charge in [0.1, 0.15) is 0 Å². The van der Waals surface area contributed by atoms with E-state index in [1.807, 2.05) is 42.7 Å². The summed E-state index contributed by atoms with van der Waals surface area (Å²) in [6.45, 7) is 7.35. The second-order valence-electron chi connectivity index (χ2n) is 8.14. The number of hydrogen-bond acceptors (Lipinski definition) is 4. The van der Waals surface area contributed by atoms with Gasteiger partial charge >= 0.3 is 0 Å². The van der Waals surface area contributed by atoms with E-state index in [9.17, 15) is 4.79 Å². The van der Waals surface area contributed by atoms with Gasteiger partial charge in [0, 0.05) is 44.1 Å². The molecule has 0 radical (unpaired) electrons. The molecule has 1 amide bonds. The van der Waals surface area contributed by atoms with Crippen molar-refractivity contribution in [3.05, 3.63) is 72.1 Å². The lowest BCUT2D eigenvalue weighted by Gasteiger charge is -2.39. The lowest BCUT2D eigenvalue weighted by Crippen LogP contribution is -2.44. The van der Waals surface area contributed by atoms with Gasteiger partial charge < -0.3 is 10.1 Å². The number of pyridine rings is 1. The molecule has 4 rings (SSSR count). The molecule has 2 fully saturated rings. The van der Waals surface area contributed by atoms with E-state index in [4.69, 9.17) is 4.74 Å². The van der Waals surface area contributed by atoms with E-state index in [1.165, 1.54) is 5.56 Å². The lowest BCUT2D eigenvalue weighted by atomic mass is 9.88. The first-order chi connectivity index (χ1) is 14.2. The van der Waals surface area contributed by atoms with Crippen LogP contribution in [0.3, 0.4) is 0 Å². The first-order valence-electron chi connectivity index (χ1n) is 10.5. The maximum absolute atomic E-state index is 12.4. The Labute approximate surface area is 172 Å². The van der Waals surface area contributed by atoms with Gasteiger partial charge in [-0.15, -0.1) is 0 Å². The smallest absolute Gasteiger partial charge is 0.251 e. The second kappa shape index (κ2) is 8.89. The number of hydrogen-bond donors (Lipinski definition) is 1. The average molecular weight is 392 g/mol. The molecule has 0 aliphatic carbocycles. The fourth-order valence-electron chi connectivity index (χ4n) is 4.35. The van der Waals surface area contributed by atoms with Crippen LogP contribution < -0.4 is 5.32 Å². The van der Waals surface area contributed by atoms with Crippen LogP contribution in [0.25, 0.3) is 6.08 Å². The number of nitrogens with zero attached hydrogens (tertiary/aromatic N) is 2. The van der Waals surface area contributed by atoms with Gasteiger partial charge in [-0.05, 0) is 55.0 Å². The van der Waals surface area contributed by atoms with Crippen LogP contribution in [0, 0.1) is 0 Å². The van der Waals surface area contributed by atoms with Gasteiger partial charge in [0.15, 0.2) is 0 Å². The Morgan fingerprint density at radius 2 is 2.03 bits per heavy atom. The van der Waals surface area contributed by atoms with Gasteiger partial charge in [-0.2, -0.15) is 0 Å². The van der Waals surface area contributed by atoms with Crippen molar-refractivity contribution in [1.29, 1.82) is 0 Å². The number of likely N-dealkylation sites (tertiary alicyclic amines) is 1. The maximum Gasteiger partial charge on any atom is 0.251 e. The Balaban J connectivity index is 1.23. The highest BCUT2D eigenvalue weighted by atomic mass is 16.5. The van der Waals surface area contributed by atoms with Gasteiger partial charge in [0.05, 0.1) is 11.7 Å². The fraction of sp³-hybridized carbons (Fsp3) is 0.417. The summed E-state index contributed by atoms with van der Waals surface area (Å²) >= 11 is 0. The third-order valence-corrected chi connectivity index (χ3v) is 6.13. The molecule has 0 saturated carbocycles. The van der Waals surface area contributed by atoms with E-state index >= 15 is 0 Å². The number of carbonyl (C=O) groups is 1. The number of rotatable bonds is 6. The highest BCUT2D eigenvalue weighted by Gasteiger charge is 2.42. The summed E-state index contributed by atoms with van der Waals surface area (Å²) in [7, 11) is 0. The van der Waals surface area contributed by atoms with Gasteiger partial charge in [-0.1, -0.05) is 30.9 Å². The molecule has 0 unspecified atom stereocenters.